The van der Waals surface area contributed by atoms with Crippen LogP contribution in [0.15, 0.2) is 12.7 Å². The van der Waals surface area contributed by atoms with Crippen molar-refractivity contribution in [3.8, 4) is 0 Å². The topological polar surface area (TPSA) is 72.9 Å². The number of hydrogen-bond acceptors (Lipinski definition) is 6. The number of carbonyl (C=O) groups excluding carboxylic acids is 3. The summed E-state index contributed by atoms with van der Waals surface area (Å²) in [6, 6.07) is -0.695. The van der Waals surface area contributed by atoms with Gasteiger partial charge in [0.1, 0.15) is 12.6 Å². The lowest BCUT2D eigenvalue weighted by Crippen LogP contribution is -2.41. The highest BCUT2D eigenvalue weighted by atomic mass is 32.2. The van der Waals surface area contributed by atoms with Crippen LogP contribution in [0, 0.1) is 0 Å². The van der Waals surface area contributed by atoms with Gasteiger partial charge >= 0.3 is 12.1 Å². The van der Waals surface area contributed by atoms with Gasteiger partial charge in [0.2, 0.25) is 0 Å². The van der Waals surface area contributed by atoms with Crippen LogP contribution in [-0.2, 0) is 19.1 Å². The predicted octanol–water partition coefficient (Wildman–Crippen LogP) is 1.20. The molecule has 0 aliphatic carbocycles. The molecule has 19 heavy (non-hydrogen) atoms. The molecule has 0 radical (unpaired) electrons. The summed E-state index contributed by atoms with van der Waals surface area (Å²) in [6.45, 7) is 5.27. The number of nitrogens with zero attached hydrogens (tertiary/aromatic N) is 1. The van der Waals surface area contributed by atoms with Crippen LogP contribution >= 0.6 is 11.8 Å². The van der Waals surface area contributed by atoms with Gasteiger partial charge in [0.15, 0.2) is 5.12 Å². The summed E-state index contributed by atoms with van der Waals surface area (Å²) in [5.41, 5.74) is 0. The van der Waals surface area contributed by atoms with E-state index in [-0.39, 0.29) is 17.0 Å². The van der Waals surface area contributed by atoms with Crippen molar-refractivity contribution < 1.29 is 23.9 Å². The molecule has 0 bridgehead atoms. The Kier molecular flexibility index (Phi) is 5.88. The molecule has 1 fully saturated rings. The van der Waals surface area contributed by atoms with Gasteiger partial charge < -0.3 is 9.47 Å². The lowest BCUT2D eigenvalue weighted by Gasteiger charge is -2.21. The van der Waals surface area contributed by atoms with E-state index in [1.165, 1.54) is 25.0 Å². The van der Waals surface area contributed by atoms with Crippen molar-refractivity contribution in [1.82, 2.24) is 4.90 Å². The molecule has 106 valence electrons. The van der Waals surface area contributed by atoms with Crippen LogP contribution in [0.5, 0.6) is 0 Å². The number of likely N-dealkylation sites (tertiary alicyclic amines) is 1. The molecule has 6 nitrogen and oxygen atoms in total. The second kappa shape index (κ2) is 7.18. The van der Waals surface area contributed by atoms with Crippen LogP contribution in [0.25, 0.3) is 0 Å². The zero-order valence-corrected chi connectivity index (χ0v) is 11.8. The van der Waals surface area contributed by atoms with Crippen molar-refractivity contribution in [1.29, 1.82) is 0 Å². The Balaban J connectivity index is 2.73. The van der Waals surface area contributed by atoms with E-state index in [0.717, 1.165) is 11.8 Å². The number of amides is 1. The fraction of sp³-hybridized carbons (Fsp3) is 0.583. The van der Waals surface area contributed by atoms with Gasteiger partial charge in [-0.15, -0.1) is 0 Å². The zero-order chi connectivity index (χ0) is 14.4. The highest BCUT2D eigenvalue weighted by Gasteiger charge is 2.41. The van der Waals surface area contributed by atoms with Gasteiger partial charge in [-0.2, -0.15) is 0 Å². The summed E-state index contributed by atoms with van der Waals surface area (Å²) in [6.07, 6.45) is 1.24. The van der Waals surface area contributed by atoms with E-state index < -0.39 is 18.1 Å². The minimum absolute atomic E-state index is 0.0464. The third kappa shape index (κ3) is 4.27. The zero-order valence-electron chi connectivity index (χ0n) is 11.0. The average Bonchev–Trinajstić information content (AvgIpc) is 2.77. The minimum atomic E-state index is -0.695. The maximum absolute atomic E-state index is 11.8. The summed E-state index contributed by atoms with van der Waals surface area (Å²) >= 11 is 1.12. The second-order valence-electron chi connectivity index (χ2n) is 4.02. The quantitative estimate of drug-likeness (QED) is 0.571. The monoisotopic (exact) mass is 287 g/mol. The van der Waals surface area contributed by atoms with E-state index in [9.17, 15) is 14.4 Å². The minimum Gasteiger partial charge on any atom is -0.467 e. The molecule has 1 aliphatic rings. The van der Waals surface area contributed by atoms with Crippen LogP contribution < -0.4 is 0 Å². The first kappa shape index (κ1) is 15.6. The van der Waals surface area contributed by atoms with Crippen molar-refractivity contribution in [2.45, 2.75) is 24.6 Å². The number of thioether (sulfide) groups is 1. The standard InChI is InChI=1S/C12H17NO5S/c1-4-5-18-12(16)13-7-9(19-8(2)14)6-10(13)11(15)17-3/h4,9-10H,1,5-7H2,2-3H3/t9?,10-/m0/s1. The molecule has 0 N–H and O–H groups in total. The van der Waals surface area contributed by atoms with E-state index in [4.69, 9.17) is 4.74 Å². The molecule has 1 rings (SSSR count). The molecule has 1 aliphatic heterocycles. The Labute approximate surface area is 116 Å². The number of rotatable bonds is 4. The SMILES string of the molecule is C=CCOC(=O)N1CC(SC(C)=O)C[C@H]1C(=O)OC. The van der Waals surface area contributed by atoms with Gasteiger partial charge in [-0.25, -0.2) is 9.59 Å². The van der Waals surface area contributed by atoms with E-state index in [1.807, 2.05) is 0 Å². The van der Waals surface area contributed by atoms with Gasteiger partial charge in [0.05, 0.1) is 7.11 Å². The third-order valence-corrected chi connectivity index (χ3v) is 3.63. The number of ether oxygens (including phenoxy) is 2. The Morgan fingerprint density at radius 2 is 2.16 bits per heavy atom. The van der Waals surface area contributed by atoms with E-state index in [0.29, 0.717) is 13.0 Å². The first-order valence-electron chi connectivity index (χ1n) is 5.79. The number of carbonyl (C=O) groups is 3. The summed E-state index contributed by atoms with van der Waals surface area (Å²) in [5, 5.41) is -0.159. The van der Waals surface area contributed by atoms with E-state index in [1.54, 1.807) is 0 Å². The molecule has 0 aromatic rings. The lowest BCUT2D eigenvalue weighted by atomic mass is 10.2. The Bertz CT molecular complexity index is 384. The highest BCUT2D eigenvalue weighted by molar-refractivity contribution is 8.14. The maximum Gasteiger partial charge on any atom is 0.410 e. The smallest absolute Gasteiger partial charge is 0.410 e. The number of esters is 1. The molecular formula is C12H17NO5S. The largest absolute Gasteiger partial charge is 0.467 e. The first-order valence-corrected chi connectivity index (χ1v) is 6.66. The lowest BCUT2D eigenvalue weighted by molar-refractivity contribution is -0.145. The summed E-state index contributed by atoms with van der Waals surface area (Å²) in [7, 11) is 1.26. The maximum atomic E-state index is 11.8. The summed E-state index contributed by atoms with van der Waals surface area (Å²) in [5.74, 6) is -0.498. The molecule has 1 unspecified atom stereocenters. The first-order chi connectivity index (χ1) is 8.99. The van der Waals surface area contributed by atoms with E-state index >= 15 is 0 Å². The highest BCUT2D eigenvalue weighted by Crippen LogP contribution is 2.29. The molecule has 1 heterocycles. The Hall–Kier alpha value is -1.50. The Morgan fingerprint density at radius 3 is 2.68 bits per heavy atom. The van der Waals surface area contributed by atoms with Gasteiger partial charge in [-0.3, -0.25) is 9.69 Å². The van der Waals surface area contributed by atoms with Gasteiger partial charge in [0, 0.05) is 18.7 Å². The predicted molar refractivity (Wildman–Crippen MR) is 70.7 cm³/mol. The van der Waals surface area contributed by atoms with Crippen LogP contribution in [0.1, 0.15) is 13.3 Å². The van der Waals surface area contributed by atoms with Crippen LogP contribution in [0.3, 0.4) is 0 Å². The molecule has 0 saturated carbocycles. The molecule has 0 aromatic carbocycles. The van der Waals surface area contributed by atoms with Crippen molar-refractivity contribution in [2.24, 2.45) is 0 Å². The van der Waals surface area contributed by atoms with Gasteiger partial charge in [-0.1, -0.05) is 24.4 Å². The van der Waals surface area contributed by atoms with E-state index in [2.05, 4.69) is 11.3 Å². The molecular weight excluding hydrogens is 270 g/mol. The number of hydrogen-bond donors (Lipinski definition) is 0. The average molecular weight is 287 g/mol. The second-order valence-corrected chi connectivity index (χ2v) is 5.50. The van der Waals surface area contributed by atoms with Crippen molar-refractivity contribution in [3.63, 3.8) is 0 Å². The van der Waals surface area contributed by atoms with Gasteiger partial charge in [-0.05, 0) is 6.42 Å². The molecule has 0 aromatic heterocycles. The third-order valence-electron chi connectivity index (χ3n) is 2.63. The molecule has 2 atom stereocenters. The molecule has 7 heteroatoms. The normalized spacial score (nSPS) is 21.9. The fourth-order valence-corrected chi connectivity index (χ4v) is 2.87. The Morgan fingerprint density at radius 1 is 1.47 bits per heavy atom. The van der Waals surface area contributed by atoms with Gasteiger partial charge in [0.25, 0.3) is 0 Å². The summed E-state index contributed by atoms with van der Waals surface area (Å²) < 4.78 is 9.59. The molecule has 0 spiro atoms. The van der Waals surface area contributed by atoms with Crippen LogP contribution in [-0.4, -0.2) is 53.6 Å². The van der Waals surface area contributed by atoms with Crippen molar-refractivity contribution >= 4 is 28.9 Å². The van der Waals surface area contributed by atoms with Crippen LogP contribution in [0.4, 0.5) is 4.79 Å². The molecule has 1 saturated heterocycles. The van der Waals surface area contributed by atoms with Crippen molar-refractivity contribution in [2.75, 3.05) is 20.3 Å². The fourth-order valence-electron chi connectivity index (χ4n) is 1.89. The number of methoxy groups -OCH3 is 1. The van der Waals surface area contributed by atoms with Crippen molar-refractivity contribution in [3.05, 3.63) is 12.7 Å². The summed E-state index contributed by atoms with van der Waals surface area (Å²) in [4.78, 5) is 35.9. The molecule has 1 amide bonds. The van der Waals surface area contributed by atoms with Crippen LogP contribution in [0.2, 0.25) is 0 Å².